The zero-order chi connectivity index (χ0) is 39.5. The molecule has 10 heteroatoms. The standard InChI is InChI=1S/C45H65NO9/c1-26(2)27(3)37-38(55-37)41(5,53)35-11-16-45(54)32-22-36(51)44(25-47)24-34(50)33(49)23-40(44,4)31(32)10-15-43(35,45)14-9-28-19-29(21-30(48)20-28)46-18-17-42(39(46)52)12-7-6-8-13-42/h19-22,26-27,31,33-35,37-38,47-50,53-54H,6-18,23-25H2,1-5H3/t27-,31-,33+,34-,35+,37-,38-,40-,41-,43-,44+,45+/m1/s1. The number of ketones is 1. The molecule has 7 aliphatic rings. The molecular formula is C45H65NO9. The van der Waals surface area contributed by atoms with Crippen molar-refractivity contribution in [1.82, 2.24) is 0 Å². The number of hydrogen-bond donors (Lipinski definition) is 6. The number of aliphatic hydroxyl groups excluding tert-OH is 3. The number of phenolic OH excluding ortho intramolecular Hbond substituents is 1. The largest absolute Gasteiger partial charge is 0.508 e. The molecule has 12 atom stereocenters. The third-order valence-electron chi connectivity index (χ3n) is 17.4. The minimum absolute atomic E-state index is 0.0455. The summed E-state index contributed by atoms with van der Waals surface area (Å²) in [7, 11) is 0. The fourth-order valence-corrected chi connectivity index (χ4v) is 13.7. The third kappa shape index (κ3) is 5.61. The van der Waals surface area contributed by atoms with E-state index in [1.807, 2.05) is 24.8 Å². The minimum Gasteiger partial charge on any atom is -0.508 e. The summed E-state index contributed by atoms with van der Waals surface area (Å²) in [6.45, 7) is 10.4. The van der Waals surface area contributed by atoms with Crippen LogP contribution in [0.15, 0.2) is 29.8 Å². The maximum atomic E-state index is 14.4. The smallest absolute Gasteiger partial charge is 0.233 e. The highest BCUT2D eigenvalue weighted by Crippen LogP contribution is 2.72. The highest BCUT2D eigenvalue weighted by Gasteiger charge is 2.74. The number of carbonyl (C=O) groups is 2. The first-order valence-corrected chi connectivity index (χ1v) is 21.4. The van der Waals surface area contributed by atoms with Crippen LogP contribution in [0.1, 0.15) is 124 Å². The van der Waals surface area contributed by atoms with E-state index in [-0.39, 0.29) is 59.6 Å². The highest BCUT2D eigenvalue weighted by molar-refractivity contribution is 6.00. The Morgan fingerprint density at radius 3 is 2.36 bits per heavy atom. The van der Waals surface area contributed by atoms with Gasteiger partial charge < -0.3 is 40.3 Å². The van der Waals surface area contributed by atoms with Crippen LogP contribution in [-0.2, 0) is 20.7 Å². The zero-order valence-corrected chi connectivity index (χ0v) is 33.6. The molecule has 1 amide bonds. The zero-order valence-electron chi connectivity index (χ0n) is 33.6. The van der Waals surface area contributed by atoms with Crippen LogP contribution in [0.2, 0.25) is 0 Å². The highest BCUT2D eigenvalue weighted by atomic mass is 16.6. The molecule has 0 aromatic heterocycles. The Hall–Kier alpha value is -2.34. The van der Waals surface area contributed by atoms with E-state index in [4.69, 9.17) is 4.74 Å². The van der Waals surface area contributed by atoms with Crippen LogP contribution in [0.3, 0.4) is 0 Å². The maximum absolute atomic E-state index is 14.4. The summed E-state index contributed by atoms with van der Waals surface area (Å²) in [5.41, 5.74) is -3.96. The van der Waals surface area contributed by atoms with Crippen LogP contribution in [0, 0.1) is 45.3 Å². The number of hydrogen-bond acceptors (Lipinski definition) is 9. The molecule has 1 spiro atoms. The predicted molar refractivity (Wildman–Crippen MR) is 207 cm³/mol. The number of aryl methyl sites for hydroxylation is 1. The number of rotatable bonds is 9. The number of allylic oxidation sites excluding steroid dienone is 1. The van der Waals surface area contributed by atoms with Crippen LogP contribution >= 0.6 is 0 Å². The lowest BCUT2D eigenvalue weighted by Gasteiger charge is -2.64. The van der Waals surface area contributed by atoms with E-state index in [9.17, 15) is 40.2 Å². The summed E-state index contributed by atoms with van der Waals surface area (Å²) in [6.07, 6.45) is 7.77. The first-order chi connectivity index (χ1) is 25.9. The molecule has 2 saturated heterocycles. The van der Waals surface area contributed by atoms with Crippen molar-refractivity contribution in [2.75, 3.05) is 18.1 Å². The molecule has 304 valence electrons. The first kappa shape index (κ1) is 39.5. The first-order valence-electron chi connectivity index (χ1n) is 21.4. The van der Waals surface area contributed by atoms with Crippen molar-refractivity contribution in [3.63, 3.8) is 0 Å². The van der Waals surface area contributed by atoms with Crippen molar-refractivity contribution in [1.29, 1.82) is 0 Å². The number of amides is 1. The molecule has 0 bridgehead atoms. The van der Waals surface area contributed by atoms with Crippen molar-refractivity contribution >= 4 is 17.4 Å². The Bertz CT molecular complexity index is 1730. The van der Waals surface area contributed by atoms with Crippen molar-refractivity contribution in [2.45, 2.75) is 160 Å². The van der Waals surface area contributed by atoms with Gasteiger partial charge in [0.05, 0.1) is 47.0 Å². The summed E-state index contributed by atoms with van der Waals surface area (Å²) in [4.78, 5) is 30.1. The van der Waals surface area contributed by atoms with E-state index in [2.05, 4.69) is 20.8 Å². The number of fused-ring (bicyclic) bond motifs is 5. The molecule has 55 heavy (non-hydrogen) atoms. The van der Waals surface area contributed by atoms with Crippen LogP contribution in [0.25, 0.3) is 0 Å². The average Bonchev–Trinajstić information content (AvgIpc) is 3.82. The minimum atomic E-state index is -1.47. The number of anilines is 1. The van der Waals surface area contributed by atoms with E-state index < -0.39 is 52.4 Å². The maximum Gasteiger partial charge on any atom is 0.233 e. The second kappa shape index (κ2) is 13.3. The van der Waals surface area contributed by atoms with Crippen molar-refractivity contribution < 1.29 is 45.0 Å². The van der Waals surface area contributed by atoms with E-state index in [1.54, 1.807) is 18.2 Å². The molecule has 2 aliphatic heterocycles. The summed E-state index contributed by atoms with van der Waals surface area (Å²) < 4.78 is 6.29. The van der Waals surface area contributed by atoms with Crippen LogP contribution in [0.4, 0.5) is 5.69 Å². The number of epoxide rings is 1. The van der Waals surface area contributed by atoms with Gasteiger partial charge in [-0.25, -0.2) is 0 Å². The molecule has 5 aliphatic carbocycles. The van der Waals surface area contributed by atoms with Crippen LogP contribution in [-0.4, -0.2) is 91.1 Å². The van der Waals surface area contributed by atoms with Gasteiger partial charge in [-0.1, -0.05) is 47.0 Å². The lowest BCUT2D eigenvalue weighted by atomic mass is 9.40. The van der Waals surface area contributed by atoms with Gasteiger partial charge in [0.1, 0.15) is 11.9 Å². The second-order valence-corrected chi connectivity index (χ2v) is 20.1. The fourth-order valence-electron chi connectivity index (χ4n) is 13.7. The van der Waals surface area contributed by atoms with E-state index >= 15 is 0 Å². The average molecular weight is 764 g/mol. The van der Waals surface area contributed by atoms with E-state index in [0.29, 0.717) is 62.2 Å². The van der Waals surface area contributed by atoms with Crippen molar-refractivity contribution in [3.8, 4) is 5.75 Å². The molecule has 8 rings (SSSR count). The van der Waals surface area contributed by atoms with Crippen LogP contribution in [0.5, 0.6) is 5.75 Å². The Kier molecular flexibility index (Phi) is 9.58. The quantitative estimate of drug-likeness (QED) is 0.181. The summed E-state index contributed by atoms with van der Waals surface area (Å²) in [5, 5.41) is 69.8. The summed E-state index contributed by atoms with van der Waals surface area (Å²) in [5.74, 6) is -0.203. The van der Waals surface area contributed by atoms with Gasteiger partial charge in [0.15, 0.2) is 5.78 Å². The lowest BCUT2D eigenvalue weighted by Crippen LogP contribution is -2.67. The number of ether oxygens (including phenoxy) is 1. The van der Waals surface area contributed by atoms with Gasteiger partial charge in [0.25, 0.3) is 0 Å². The molecule has 0 radical (unpaired) electrons. The SMILES string of the molecule is CC(C)[C@@H](C)[C@H]1O[C@H]1[C@](C)(O)[C@@H]1CC[C@]2(O)C3=CC(=O)[C@@]4(CO)C[C@@H](O)[C@@H](O)C[C@]4(C)[C@@H]3CC[C@]12CCc1cc(O)cc(N2CCC3(CCCCC3)C2=O)c1. The van der Waals surface area contributed by atoms with Gasteiger partial charge in [0, 0.05) is 23.7 Å². The van der Waals surface area contributed by atoms with Gasteiger partial charge in [-0.3, -0.25) is 9.59 Å². The molecule has 10 nitrogen and oxygen atoms in total. The summed E-state index contributed by atoms with van der Waals surface area (Å²) in [6, 6.07) is 5.42. The number of aliphatic hydroxyl groups is 5. The van der Waals surface area contributed by atoms with Crippen molar-refractivity contribution in [2.24, 2.45) is 45.3 Å². The number of carbonyl (C=O) groups excluding carboxylic acids is 2. The number of nitrogens with zero attached hydrogens (tertiary/aromatic N) is 1. The Morgan fingerprint density at radius 2 is 1.67 bits per heavy atom. The van der Waals surface area contributed by atoms with Gasteiger partial charge in [-0.05, 0) is 136 Å². The second-order valence-electron chi connectivity index (χ2n) is 20.1. The van der Waals surface area contributed by atoms with Crippen LogP contribution < -0.4 is 4.90 Å². The third-order valence-corrected chi connectivity index (χ3v) is 17.4. The van der Waals surface area contributed by atoms with Gasteiger partial charge in [-0.2, -0.15) is 0 Å². The normalized spacial score (nSPS) is 42.5. The monoisotopic (exact) mass is 763 g/mol. The van der Waals surface area contributed by atoms with Crippen molar-refractivity contribution in [3.05, 3.63) is 35.4 Å². The molecule has 0 unspecified atom stereocenters. The lowest BCUT2D eigenvalue weighted by molar-refractivity contribution is -0.195. The molecule has 6 fully saturated rings. The fraction of sp³-hybridized carbons (Fsp3) is 0.778. The molecule has 4 saturated carbocycles. The summed E-state index contributed by atoms with van der Waals surface area (Å²) >= 11 is 0. The van der Waals surface area contributed by atoms with Gasteiger partial charge in [0.2, 0.25) is 5.91 Å². The van der Waals surface area contributed by atoms with E-state index in [0.717, 1.165) is 44.1 Å². The number of aromatic hydroxyl groups is 1. The molecule has 1 aromatic carbocycles. The molecule has 1 aromatic rings. The molecular weight excluding hydrogens is 698 g/mol. The Morgan fingerprint density at radius 1 is 0.964 bits per heavy atom. The Labute approximate surface area is 326 Å². The number of phenols is 1. The van der Waals surface area contributed by atoms with Gasteiger partial charge in [-0.15, -0.1) is 0 Å². The Balaban J connectivity index is 1.16. The molecule has 2 heterocycles. The number of benzene rings is 1. The topological polar surface area (TPSA) is 171 Å². The van der Waals surface area contributed by atoms with E-state index in [1.165, 1.54) is 0 Å². The van der Waals surface area contributed by atoms with Gasteiger partial charge >= 0.3 is 0 Å². The predicted octanol–water partition coefficient (Wildman–Crippen LogP) is 5.37. The molecule has 6 N–H and O–H groups in total.